The van der Waals surface area contributed by atoms with Crippen LogP contribution in [0.4, 0.5) is 5.69 Å². The third-order valence-corrected chi connectivity index (χ3v) is 1.54. The first-order valence-electron chi connectivity index (χ1n) is 4.85. The molecule has 0 aliphatic carbocycles. The third-order valence-electron chi connectivity index (χ3n) is 1.54. The van der Waals surface area contributed by atoms with E-state index in [0.29, 0.717) is 11.3 Å². The molecule has 1 rings (SSSR count). The highest BCUT2D eigenvalue weighted by atomic mass is 16.3. The normalized spacial score (nSPS) is 8.47. The molecule has 0 spiro atoms. The number of aliphatic hydroxyl groups is 1. The highest BCUT2D eigenvalue weighted by molar-refractivity contribution is 5.88. The van der Waals surface area contributed by atoms with Crippen molar-refractivity contribution in [3.05, 3.63) is 36.4 Å². The lowest BCUT2D eigenvalue weighted by Crippen LogP contribution is -2.05. The van der Waals surface area contributed by atoms with Gasteiger partial charge in [-0.25, -0.2) is 0 Å². The Balaban J connectivity index is 0.000000921. The van der Waals surface area contributed by atoms with Crippen LogP contribution >= 0.6 is 0 Å². The number of rotatable bonds is 2. The number of benzene rings is 1. The average Bonchev–Trinajstić information content (AvgIpc) is 2.20. The van der Waals surface area contributed by atoms with Gasteiger partial charge in [0.1, 0.15) is 5.76 Å². The van der Waals surface area contributed by atoms with Gasteiger partial charge >= 0.3 is 0 Å². The van der Waals surface area contributed by atoms with Crippen LogP contribution in [0, 0.1) is 0 Å². The molecule has 0 atom stereocenters. The van der Waals surface area contributed by atoms with E-state index in [2.05, 4.69) is 11.9 Å². The fourth-order valence-electron chi connectivity index (χ4n) is 0.949. The number of anilines is 1. The molecule has 0 radical (unpaired) electrons. The van der Waals surface area contributed by atoms with E-state index in [4.69, 9.17) is 5.11 Å². The first-order valence-corrected chi connectivity index (χ1v) is 4.85. The van der Waals surface area contributed by atoms with E-state index < -0.39 is 0 Å². The molecule has 0 aliphatic rings. The highest BCUT2D eigenvalue weighted by Crippen LogP contribution is 2.13. The van der Waals surface area contributed by atoms with Crippen molar-refractivity contribution >= 4 is 17.4 Å². The third kappa shape index (κ3) is 4.86. The van der Waals surface area contributed by atoms with Crippen molar-refractivity contribution in [2.75, 3.05) is 5.32 Å². The molecule has 0 saturated heterocycles. The van der Waals surface area contributed by atoms with Crippen LogP contribution in [0.5, 0.6) is 0 Å². The van der Waals surface area contributed by atoms with Crippen LogP contribution in [0.3, 0.4) is 0 Å². The van der Waals surface area contributed by atoms with Crippen molar-refractivity contribution in [3.63, 3.8) is 0 Å². The van der Waals surface area contributed by atoms with Crippen LogP contribution in [0.15, 0.2) is 30.8 Å². The zero-order chi connectivity index (χ0) is 11.8. The molecule has 15 heavy (non-hydrogen) atoms. The van der Waals surface area contributed by atoms with E-state index >= 15 is 0 Å². The largest absolute Gasteiger partial charge is 0.508 e. The molecule has 1 aromatic rings. The standard InChI is InChI=1S/C10H11NO2.C2H6/c1-7(12)9-3-5-10(6-4-9)11-8(2)13;1-2/h3-6,12H,1H2,2H3,(H,11,13);1-2H3. The summed E-state index contributed by atoms with van der Waals surface area (Å²) in [5.74, 6) is -0.0926. The molecule has 0 aromatic heterocycles. The number of nitrogens with one attached hydrogen (secondary N) is 1. The summed E-state index contributed by atoms with van der Waals surface area (Å²) in [7, 11) is 0. The van der Waals surface area contributed by atoms with Crippen molar-refractivity contribution in [3.8, 4) is 0 Å². The number of hydrogen-bond donors (Lipinski definition) is 2. The average molecular weight is 207 g/mol. The van der Waals surface area contributed by atoms with Crippen LogP contribution in [0.25, 0.3) is 5.76 Å². The number of carbonyl (C=O) groups excluding carboxylic acids is 1. The lowest BCUT2D eigenvalue weighted by atomic mass is 10.2. The maximum absolute atomic E-state index is 10.7. The molecule has 0 bridgehead atoms. The Bertz CT molecular complexity index is 328. The van der Waals surface area contributed by atoms with Crippen molar-refractivity contribution in [2.24, 2.45) is 0 Å². The summed E-state index contributed by atoms with van der Waals surface area (Å²) in [6.45, 7) is 8.83. The van der Waals surface area contributed by atoms with Gasteiger partial charge in [-0.15, -0.1) is 0 Å². The quantitative estimate of drug-likeness (QED) is 0.731. The van der Waals surface area contributed by atoms with Gasteiger partial charge in [0, 0.05) is 18.2 Å². The van der Waals surface area contributed by atoms with Gasteiger partial charge in [0.25, 0.3) is 0 Å². The van der Waals surface area contributed by atoms with Gasteiger partial charge in [-0.1, -0.05) is 20.4 Å². The molecule has 3 heteroatoms. The van der Waals surface area contributed by atoms with Crippen molar-refractivity contribution in [1.29, 1.82) is 0 Å². The second-order valence-electron chi connectivity index (χ2n) is 2.71. The van der Waals surface area contributed by atoms with Crippen molar-refractivity contribution < 1.29 is 9.90 Å². The highest BCUT2D eigenvalue weighted by Gasteiger charge is 1.97. The summed E-state index contributed by atoms with van der Waals surface area (Å²) in [5, 5.41) is 11.6. The van der Waals surface area contributed by atoms with Crippen LogP contribution in [0.1, 0.15) is 26.3 Å². The lowest BCUT2D eigenvalue weighted by molar-refractivity contribution is -0.114. The summed E-state index contributed by atoms with van der Waals surface area (Å²) in [4.78, 5) is 10.7. The summed E-state index contributed by atoms with van der Waals surface area (Å²) < 4.78 is 0. The van der Waals surface area contributed by atoms with Gasteiger partial charge < -0.3 is 10.4 Å². The molecule has 0 heterocycles. The summed E-state index contributed by atoms with van der Waals surface area (Å²) in [5.41, 5.74) is 1.35. The van der Waals surface area contributed by atoms with Gasteiger partial charge in [0.15, 0.2) is 0 Å². The van der Waals surface area contributed by atoms with Gasteiger partial charge in [-0.2, -0.15) is 0 Å². The van der Waals surface area contributed by atoms with E-state index in [-0.39, 0.29) is 11.7 Å². The van der Waals surface area contributed by atoms with Gasteiger partial charge in [0.2, 0.25) is 5.91 Å². The fourth-order valence-corrected chi connectivity index (χ4v) is 0.949. The van der Waals surface area contributed by atoms with Crippen LogP contribution in [0.2, 0.25) is 0 Å². The fraction of sp³-hybridized carbons (Fsp3) is 0.250. The van der Waals surface area contributed by atoms with E-state index in [1.807, 2.05) is 13.8 Å². The molecule has 3 nitrogen and oxygen atoms in total. The molecular formula is C12H17NO2. The Labute approximate surface area is 90.4 Å². The molecule has 1 amide bonds. The minimum Gasteiger partial charge on any atom is -0.508 e. The Morgan fingerprint density at radius 1 is 1.27 bits per heavy atom. The molecule has 0 saturated carbocycles. The number of carbonyl (C=O) groups is 1. The Morgan fingerprint density at radius 3 is 2.07 bits per heavy atom. The SMILES string of the molecule is C=C(O)c1ccc(NC(C)=O)cc1.CC. The minimum absolute atomic E-state index is 0.0226. The molecule has 0 aliphatic heterocycles. The lowest BCUT2D eigenvalue weighted by Gasteiger charge is -2.02. The van der Waals surface area contributed by atoms with Crippen LogP contribution < -0.4 is 5.32 Å². The second kappa shape index (κ2) is 6.65. The first-order chi connectivity index (χ1) is 7.09. The van der Waals surface area contributed by atoms with Gasteiger partial charge in [-0.3, -0.25) is 4.79 Å². The predicted octanol–water partition coefficient (Wildman–Crippen LogP) is 3.20. The zero-order valence-electron chi connectivity index (χ0n) is 9.37. The summed E-state index contributed by atoms with van der Waals surface area (Å²) in [6.07, 6.45) is 0. The topological polar surface area (TPSA) is 49.3 Å². The second-order valence-corrected chi connectivity index (χ2v) is 2.71. The molecule has 2 N–H and O–H groups in total. The van der Waals surface area contributed by atoms with Gasteiger partial charge in [-0.05, 0) is 24.3 Å². The predicted molar refractivity (Wildman–Crippen MR) is 63.8 cm³/mol. The zero-order valence-corrected chi connectivity index (χ0v) is 9.37. The monoisotopic (exact) mass is 207 g/mol. The molecule has 82 valence electrons. The van der Waals surface area contributed by atoms with E-state index in [1.54, 1.807) is 24.3 Å². The van der Waals surface area contributed by atoms with Crippen LogP contribution in [-0.4, -0.2) is 11.0 Å². The molecule has 0 fully saturated rings. The van der Waals surface area contributed by atoms with Gasteiger partial charge in [0.05, 0.1) is 0 Å². The maximum atomic E-state index is 10.7. The van der Waals surface area contributed by atoms with Crippen LogP contribution in [-0.2, 0) is 4.79 Å². The molecule has 1 aromatic carbocycles. The Kier molecular flexibility index (Phi) is 5.86. The molecule has 0 unspecified atom stereocenters. The first kappa shape index (κ1) is 13.2. The maximum Gasteiger partial charge on any atom is 0.221 e. The van der Waals surface area contributed by atoms with E-state index in [9.17, 15) is 4.79 Å². The summed E-state index contributed by atoms with van der Waals surface area (Å²) >= 11 is 0. The molecular weight excluding hydrogens is 190 g/mol. The van der Waals surface area contributed by atoms with E-state index in [1.165, 1.54) is 6.92 Å². The number of aliphatic hydroxyl groups excluding tert-OH is 1. The minimum atomic E-state index is -0.115. The van der Waals surface area contributed by atoms with Crippen molar-refractivity contribution in [2.45, 2.75) is 20.8 Å². The number of hydrogen-bond acceptors (Lipinski definition) is 2. The smallest absolute Gasteiger partial charge is 0.221 e. The number of amides is 1. The summed E-state index contributed by atoms with van der Waals surface area (Å²) in [6, 6.07) is 6.79. The Morgan fingerprint density at radius 2 is 1.73 bits per heavy atom. The van der Waals surface area contributed by atoms with Crippen molar-refractivity contribution in [1.82, 2.24) is 0 Å². The van der Waals surface area contributed by atoms with E-state index in [0.717, 1.165) is 0 Å². The Hall–Kier alpha value is -1.77.